The minimum atomic E-state index is -3.49. The van der Waals surface area contributed by atoms with Gasteiger partial charge in [-0.05, 0) is 36.8 Å². The van der Waals surface area contributed by atoms with Gasteiger partial charge < -0.3 is 5.32 Å². The van der Waals surface area contributed by atoms with Crippen LogP contribution in [-0.4, -0.2) is 20.6 Å². The Bertz CT molecular complexity index is 850. The van der Waals surface area contributed by atoms with Gasteiger partial charge in [0.2, 0.25) is 0 Å². The van der Waals surface area contributed by atoms with Crippen LogP contribution < -0.4 is 5.32 Å². The number of rotatable bonds is 4. The van der Waals surface area contributed by atoms with E-state index in [-0.39, 0.29) is 16.5 Å². The average Bonchev–Trinajstić information content (AvgIpc) is 2.49. The fraction of sp³-hybridized carbons (Fsp3) is 0.188. The summed E-state index contributed by atoms with van der Waals surface area (Å²) in [5, 5.41) is 3.58. The molecule has 0 unspecified atom stereocenters. The zero-order chi connectivity index (χ0) is 17.2. The highest BCUT2D eigenvalue weighted by Crippen LogP contribution is 2.26. The molecular weight excluding hydrogens is 357 g/mol. The highest BCUT2D eigenvalue weighted by atomic mass is 35.5. The summed E-state index contributed by atoms with van der Waals surface area (Å²) in [5.74, 6) is -0.468. The molecule has 7 heteroatoms. The van der Waals surface area contributed by atoms with Crippen LogP contribution in [0, 0.1) is 0 Å². The normalized spacial score (nSPS) is 12.7. The quantitative estimate of drug-likeness (QED) is 0.886. The SMILES string of the molecule is C[C@@H](NC(=O)c1ccccc1S(C)(=O)=O)c1ccc(Cl)c(Cl)c1. The van der Waals surface area contributed by atoms with Crippen LogP contribution >= 0.6 is 23.2 Å². The highest BCUT2D eigenvalue weighted by molar-refractivity contribution is 7.90. The molecule has 2 aromatic rings. The van der Waals surface area contributed by atoms with Crippen LogP contribution in [0.25, 0.3) is 0 Å². The molecule has 1 atom stereocenters. The van der Waals surface area contributed by atoms with Crippen LogP contribution in [0.1, 0.15) is 28.9 Å². The van der Waals surface area contributed by atoms with Crippen molar-refractivity contribution in [2.75, 3.05) is 6.26 Å². The van der Waals surface area contributed by atoms with Crippen molar-refractivity contribution in [3.8, 4) is 0 Å². The average molecular weight is 372 g/mol. The third-order valence-electron chi connectivity index (χ3n) is 3.32. The second kappa shape index (κ2) is 6.91. The maximum Gasteiger partial charge on any atom is 0.253 e. The van der Waals surface area contributed by atoms with Gasteiger partial charge in [0.05, 0.1) is 26.5 Å². The number of halogens is 2. The predicted octanol–water partition coefficient (Wildman–Crippen LogP) is 3.89. The van der Waals surface area contributed by atoms with Crippen LogP contribution in [-0.2, 0) is 9.84 Å². The van der Waals surface area contributed by atoms with Crippen molar-refractivity contribution in [2.45, 2.75) is 17.9 Å². The van der Waals surface area contributed by atoms with Gasteiger partial charge in [-0.15, -0.1) is 0 Å². The number of carbonyl (C=O) groups excluding carboxylic acids is 1. The van der Waals surface area contributed by atoms with E-state index in [0.29, 0.717) is 10.0 Å². The molecule has 122 valence electrons. The standard InChI is InChI=1S/C16H15Cl2NO3S/c1-10(11-7-8-13(17)14(18)9-11)19-16(20)12-5-3-4-6-15(12)23(2,21)22/h3-10H,1-2H3,(H,19,20)/t10-/m1/s1. The maximum atomic E-state index is 12.4. The molecule has 0 aliphatic rings. The Morgan fingerprint density at radius 2 is 1.74 bits per heavy atom. The molecule has 2 rings (SSSR count). The summed E-state index contributed by atoms with van der Waals surface area (Å²) < 4.78 is 23.6. The lowest BCUT2D eigenvalue weighted by atomic mass is 10.1. The van der Waals surface area contributed by atoms with Gasteiger partial charge in [-0.3, -0.25) is 4.79 Å². The largest absolute Gasteiger partial charge is 0.345 e. The first kappa shape index (κ1) is 17.8. The summed E-state index contributed by atoms with van der Waals surface area (Å²) >= 11 is 11.8. The highest BCUT2D eigenvalue weighted by Gasteiger charge is 2.20. The van der Waals surface area contributed by atoms with Crippen LogP contribution in [0.4, 0.5) is 0 Å². The van der Waals surface area contributed by atoms with Crippen molar-refractivity contribution >= 4 is 38.9 Å². The summed E-state index contributed by atoms with van der Waals surface area (Å²) in [5.41, 5.74) is 0.881. The van der Waals surface area contributed by atoms with Gasteiger partial charge in [-0.25, -0.2) is 8.42 Å². The Morgan fingerprint density at radius 3 is 2.35 bits per heavy atom. The number of carbonyl (C=O) groups is 1. The van der Waals surface area contributed by atoms with Gasteiger partial charge >= 0.3 is 0 Å². The van der Waals surface area contributed by atoms with Gasteiger partial charge in [-0.2, -0.15) is 0 Å². The first-order chi connectivity index (χ1) is 10.7. The van der Waals surface area contributed by atoms with E-state index in [1.165, 1.54) is 12.1 Å². The molecule has 0 fully saturated rings. The molecule has 0 saturated heterocycles. The molecule has 0 saturated carbocycles. The second-order valence-electron chi connectivity index (χ2n) is 5.14. The van der Waals surface area contributed by atoms with Crippen molar-refractivity contribution in [1.82, 2.24) is 5.32 Å². The van der Waals surface area contributed by atoms with Crippen LogP contribution in [0.3, 0.4) is 0 Å². The summed E-state index contributed by atoms with van der Waals surface area (Å²) in [6.45, 7) is 1.78. The smallest absolute Gasteiger partial charge is 0.253 e. The molecule has 0 aliphatic heterocycles. The van der Waals surface area contributed by atoms with Crippen LogP contribution in [0.5, 0.6) is 0 Å². The monoisotopic (exact) mass is 371 g/mol. The summed E-state index contributed by atoms with van der Waals surface area (Å²) in [6.07, 6.45) is 1.07. The summed E-state index contributed by atoms with van der Waals surface area (Å²) in [4.78, 5) is 12.4. The lowest BCUT2D eigenvalue weighted by Crippen LogP contribution is -2.28. The van der Waals surface area contributed by atoms with E-state index in [4.69, 9.17) is 23.2 Å². The molecular formula is C16H15Cl2NO3S. The number of benzene rings is 2. The molecule has 1 amide bonds. The molecule has 1 N–H and O–H groups in total. The Kier molecular flexibility index (Phi) is 5.34. The molecule has 0 heterocycles. The minimum absolute atomic E-state index is 0.00108. The molecule has 2 aromatic carbocycles. The van der Waals surface area contributed by atoms with Crippen molar-refractivity contribution in [3.05, 3.63) is 63.6 Å². The van der Waals surface area contributed by atoms with E-state index in [9.17, 15) is 13.2 Å². The molecule has 0 radical (unpaired) electrons. The van der Waals surface area contributed by atoms with Gasteiger partial charge in [0.1, 0.15) is 0 Å². The number of nitrogens with one attached hydrogen (secondary N) is 1. The third-order valence-corrected chi connectivity index (χ3v) is 5.22. The lowest BCUT2D eigenvalue weighted by Gasteiger charge is -2.16. The molecule has 0 aromatic heterocycles. The van der Waals surface area contributed by atoms with Crippen molar-refractivity contribution in [3.63, 3.8) is 0 Å². The number of hydrogen-bond acceptors (Lipinski definition) is 3. The topological polar surface area (TPSA) is 63.2 Å². The van der Waals surface area contributed by atoms with E-state index in [1.807, 2.05) is 0 Å². The first-order valence-electron chi connectivity index (χ1n) is 6.75. The number of amides is 1. The van der Waals surface area contributed by atoms with Crippen molar-refractivity contribution < 1.29 is 13.2 Å². The van der Waals surface area contributed by atoms with E-state index in [0.717, 1.165) is 11.8 Å². The third kappa shape index (κ3) is 4.25. The van der Waals surface area contributed by atoms with Gasteiger partial charge in [0.25, 0.3) is 5.91 Å². The van der Waals surface area contributed by atoms with Gasteiger partial charge in [0.15, 0.2) is 9.84 Å². The van der Waals surface area contributed by atoms with E-state index in [2.05, 4.69) is 5.32 Å². The molecule has 0 spiro atoms. The Hall–Kier alpha value is -1.56. The van der Waals surface area contributed by atoms with Crippen LogP contribution in [0.2, 0.25) is 10.0 Å². The van der Waals surface area contributed by atoms with Crippen molar-refractivity contribution in [2.24, 2.45) is 0 Å². The molecule has 0 aliphatic carbocycles. The van der Waals surface area contributed by atoms with Crippen LogP contribution in [0.15, 0.2) is 47.4 Å². The van der Waals surface area contributed by atoms with E-state index in [1.54, 1.807) is 37.3 Å². The van der Waals surface area contributed by atoms with Gasteiger partial charge in [0, 0.05) is 6.26 Å². The number of sulfone groups is 1. The number of hydrogen-bond donors (Lipinski definition) is 1. The second-order valence-corrected chi connectivity index (χ2v) is 7.94. The fourth-order valence-corrected chi connectivity index (χ4v) is 3.31. The summed E-state index contributed by atoms with van der Waals surface area (Å²) in [7, 11) is -3.49. The van der Waals surface area contributed by atoms with E-state index >= 15 is 0 Å². The molecule has 4 nitrogen and oxygen atoms in total. The Labute approximate surface area is 145 Å². The Morgan fingerprint density at radius 1 is 1.09 bits per heavy atom. The molecule has 0 bridgehead atoms. The van der Waals surface area contributed by atoms with Crippen molar-refractivity contribution in [1.29, 1.82) is 0 Å². The minimum Gasteiger partial charge on any atom is -0.345 e. The first-order valence-corrected chi connectivity index (χ1v) is 9.40. The molecule has 23 heavy (non-hydrogen) atoms. The van der Waals surface area contributed by atoms with E-state index < -0.39 is 15.7 Å². The maximum absolute atomic E-state index is 12.4. The predicted molar refractivity (Wildman–Crippen MR) is 91.9 cm³/mol. The summed E-state index contributed by atoms with van der Waals surface area (Å²) in [6, 6.07) is 10.8. The zero-order valence-electron chi connectivity index (χ0n) is 12.5. The lowest BCUT2D eigenvalue weighted by molar-refractivity contribution is 0.0936. The van der Waals surface area contributed by atoms with Gasteiger partial charge in [-0.1, -0.05) is 41.4 Å². The zero-order valence-corrected chi connectivity index (χ0v) is 14.8. The Balaban J connectivity index is 2.27. The fourth-order valence-electron chi connectivity index (χ4n) is 2.12.